The first-order chi connectivity index (χ1) is 12.3. The summed E-state index contributed by atoms with van der Waals surface area (Å²) in [6, 6.07) is 7.99. The van der Waals surface area contributed by atoms with Crippen LogP contribution in [-0.2, 0) is 13.6 Å². The van der Waals surface area contributed by atoms with Crippen molar-refractivity contribution in [3.63, 3.8) is 0 Å². The zero-order chi connectivity index (χ0) is 17.2. The predicted molar refractivity (Wildman–Crippen MR) is 105 cm³/mol. The van der Waals surface area contributed by atoms with Gasteiger partial charge in [0.2, 0.25) is 5.95 Å². The minimum Gasteiger partial charge on any atom is -0.496 e. The summed E-state index contributed by atoms with van der Waals surface area (Å²) in [4.78, 5) is 11.7. The van der Waals surface area contributed by atoms with Gasteiger partial charge in [0.15, 0.2) is 5.65 Å². The second-order valence-corrected chi connectivity index (χ2v) is 6.24. The van der Waals surface area contributed by atoms with Gasteiger partial charge in [-0.3, -0.25) is 4.68 Å². The summed E-state index contributed by atoms with van der Waals surface area (Å²) in [6.45, 7) is 2.65. The molecule has 0 unspecified atom stereocenters. The van der Waals surface area contributed by atoms with Crippen LogP contribution in [0.15, 0.2) is 30.5 Å². The van der Waals surface area contributed by atoms with Crippen molar-refractivity contribution in [2.45, 2.75) is 19.4 Å². The second-order valence-electron chi connectivity index (χ2n) is 6.24. The Morgan fingerprint density at radius 2 is 1.92 bits per heavy atom. The molecule has 3 aromatic rings. The number of anilines is 2. The molecule has 1 fully saturated rings. The molecular formula is C18H23ClN6O. The number of nitrogens with one attached hydrogen (secondary N) is 1. The van der Waals surface area contributed by atoms with Gasteiger partial charge in [0.25, 0.3) is 0 Å². The smallest absolute Gasteiger partial charge is 0.229 e. The van der Waals surface area contributed by atoms with Gasteiger partial charge in [0, 0.05) is 32.2 Å². The predicted octanol–water partition coefficient (Wildman–Crippen LogP) is 3.01. The topological polar surface area (TPSA) is 68.1 Å². The number of rotatable bonds is 5. The minimum absolute atomic E-state index is 0. The molecule has 8 heteroatoms. The van der Waals surface area contributed by atoms with Gasteiger partial charge in [-0.25, -0.2) is 0 Å². The lowest BCUT2D eigenvalue weighted by molar-refractivity contribution is 0.410. The molecule has 3 heterocycles. The lowest BCUT2D eigenvalue weighted by Gasteiger charge is -2.17. The highest BCUT2D eigenvalue weighted by Gasteiger charge is 2.19. The number of ether oxygens (including phenoxy) is 1. The Labute approximate surface area is 158 Å². The highest BCUT2D eigenvalue weighted by atomic mass is 35.5. The van der Waals surface area contributed by atoms with Crippen LogP contribution < -0.4 is 15.0 Å². The fourth-order valence-electron chi connectivity index (χ4n) is 3.23. The van der Waals surface area contributed by atoms with Crippen LogP contribution in [0.4, 0.5) is 11.8 Å². The number of hydrogen-bond donors (Lipinski definition) is 1. The van der Waals surface area contributed by atoms with Gasteiger partial charge in [-0.2, -0.15) is 15.1 Å². The second kappa shape index (κ2) is 7.78. The lowest BCUT2D eigenvalue weighted by Crippen LogP contribution is -2.21. The minimum atomic E-state index is 0. The zero-order valence-corrected chi connectivity index (χ0v) is 15.8. The van der Waals surface area contributed by atoms with Crippen molar-refractivity contribution in [3.8, 4) is 5.75 Å². The molecule has 0 atom stereocenters. The van der Waals surface area contributed by atoms with E-state index in [-0.39, 0.29) is 12.4 Å². The summed E-state index contributed by atoms with van der Waals surface area (Å²) in [5.74, 6) is 2.45. The molecule has 0 amide bonds. The summed E-state index contributed by atoms with van der Waals surface area (Å²) >= 11 is 0. The molecular weight excluding hydrogens is 352 g/mol. The van der Waals surface area contributed by atoms with E-state index in [0.717, 1.165) is 47.2 Å². The molecule has 1 aliphatic heterocycles. The highest BCUT2D eigenvalue weighted by molar-refractivity contribution is 5.87. The van der Waals surface area contributed by atoms with Crippen LogP contribution in [0, 0.1) is 0 Å². The first-order valence-corrected chi connectivity index (χ1v) is 8.57. The average molecular weight is 375 g/mol. The molecule has 7 nitrogen and oxygen atoms in total. The van der Waals surface area contributed by atoms with Crippen LogP contribution >= 0.6 is 12.4 Å². The van der Waals surface area contributed by atoms with Gasteiger partial charge in [0.05, 0.1) is 18.7 Å². The van der Waals surface area contributed by atoms with Crippen molar-refractivity contribution in [1.82, 2.24) is 19.7 Å². The van der Waals surface area contributed by atoms with Gasteiger partial charge in [-0.05, 0) is 18.9 Å². The number of aryl methyl sites for hydroxylation is 1. The molecule has 1 aliphatic rings. The van der Waals surface area contributed by atoms with Crippen LogP contribution in [-0.4, -0.2) is 39.9 Å². The Hall–Kier alpha value is -2.54. The SMILES string of the molecule is COc1ccccc1CNc1nc(N2CCCC2)nc2c1cnn2C.Cl. The van der Waals surface area contributed by atoms with Crippen molar-refractivity contribution < 1.29 is 4.74 Å². The molecule has 1 aromatic carbocycles. The quantitative estimate of drug-likeness (QED) is 0.740. The third kappa shape index (κ3) is 3.39. The van der Waals surface area contributed by atoms with Gasteiger partial charge in [-0.15, -0.1) is 12.4 Å². The molecule has 1 saturated heterocycles. The van der Waals surface area contributed by atoms with Gasteiger partial charge >= 0.3 is 0 Å². The van der Waals surface area contributed by atoms with E-state index in [1.165, 1.54) is 12.8 Å². The Kier molecular flexibility index (Phi) is 5.46. The number of aromatic nitrogens is 4. The first kappa shape index (κ1) is 18.3. The largest absolute Gasteiger partial charge is 0.496 e. The van der Waals surface area contributed by atoms with E-state index >= 15 is 0 Å². The molecule has 2 aromatic heterocycles. The maximum absolute atomic E-state index is 5.43. The number of hydrogen-bond acceptors (Lipinski definition) is 6. The summed E-state index contributed by atoms with van der Waals surface area (Å²) in [5, 5.41) is 8.72. The molecule has 0 radical (unpaired) electrons. The highest BCUT2D eigenvalue weighted by Crippen LogP contribution is 2.26. The van der Waals surface area contributed by atoms with Crippen molar-refractivity contribution in [1.29, 1.82) is 0 Å². The molecule has 0 aliphatic carbocycles. The first-order valence-electron chi connectivity index (χ1n) is 8.57. The summed E-state index contributed by atoms with van der Waals surface area (Å²) < 4.78 is 7.23. The van der Waals surface area contributed by atoms with Crippen LogP contribution in [0.2, 0.25) is 0 Å². The number of benzene rings is 1. The van der Waals surface area contributed by atoms with Crippen LogP contribution in [0.25, 0.3) is 11.0 Å². The maximum atomic E-state index is 5.43. The molecule has 0 spiro atoms. The van der Waals surface area contributed by atoms with E-state index in [2.05, 4.69) is 21.4 Å². The van der Waals surface area contributed by atoms with Crippen LogP contribution in [0.1, 0.15) is 18.4 Å². The van der Waals surface area contributed by atoms with E-state index in [4.69, 9.17) is 14.7 Å². The molecule has 4 rings (SSSR count). The fraction of sp³-hybridized carbons (Fsp3) is 0.389. The zero-order valence-electron chi connectivity index (χ0n) is 15.0. The third-order valence-electron chi connectivity index (χ3n) is 4.61. The molecule has 0 saturated carbocycles. The van der Waals surface area contributed by atoms with E-state index in [1.54, 1.807) is 11.8 Å². The van der Waals surface area contributed by atoms with Crippen LogP contribution in [0.5, 0.6) is 5.75 Å². The van der Waals surface area contributed by atoms with E-state index in [9.17, 15) is 0 Å². The molecule has 26 heavy (non-hydrogen) atoms. The van der Waals surface area contributed by atoms with Crippen molar-refractivity contribution in [2.24, 2.45) is 7.05 Å². The number of para-hydroxylation sites is 1. The Bertz CT molecular complexity index is 891. The molecule has 138 valence electrons. The number of nitrogens with zero attached hydrogens (tertiary/aromatic N) is 5. The van der Waals surface area contributed by atoms with Crippen molar-refractivity contribution >= 4 is 35.2 Å². The fourth-order valence-corrected chi connectivity index (χ4v) is 3.23. The van der Waals surface area contributed by atoms with E-state index in [1.807, 2.05) is 31.4 Å². The standard InChI is InChI=1S/C18H22N6O.ClH/c1-23-17-14(12-20-23)16(21-18(22-17)24-9-5-6-10-24)19-11-13-7-3-4-8-15(13)25-2;/h3-4,7-8,12H,5-6,9-11H2,1-2H3,(H,19,21,22);1H. The summed E-state index contributed by atoms with van der Waals surface area (Å²) in [5.41, 5.74) is 1.93. The van der Waals surface area contributed by atoms with E-state index < -0.39 is 0 Å². The maximum Gasteiger partial charge on any atom is 0.229 e. The Morgan fingerprint density at radius 3 is 2.69 bits per heavy atom. The van der Waals surface area contributed by atoms with Crippen molar-refractivity contribution in [2.75, 3.05) is 30.4 Å². The Morgan fingerprint density at radius 1 is 1.15 bits per heavy atom. The molecule has 1 N–H and O–H groups in total. The summed E-state index contributed by atoms with van der Waals surface area (Å²) in [6.07, 6.45) is 4.20. The summed E-state index contributed by atoms with van der Waals surface area (Å²) in [7, 11) is 3.60. The monoisotopic (exact) mass is 374 g/mol. The Balaban J connectivity index is 0.00000196. The van der Waals surface area contributed by atoms with Gasteiger partial charge < -0.3 is 15.0 Å². The third-order valence-corrected chi connectivity index (χ3v) is 4.61. The average Bonchev–Trinajstić information content (AvgIpc) is 3.30. The normalized spacial score (nSPS) is 13.7. The van der Waals surface area contributed by atoms with Crippen LogP contribution in [0.3, 0.4) is 0 Å². The van der Waals surface area contributed by atoms with Gasteiger partial charge in [-0.1, -0.05) is 18.2 Å². The van der Waals surface area contributed by atoms with Gasteiger partial charge in [0.1, 0.15) is 11.6 Å². The van der Waals surface area contributed by atoms with Crippen molar-refractivity contribution in [3.05, 3.63) is 36.0 Å². The number of halogens is 1. The number of fused-ring (bicyclic) bond motifs is 1. The number of methoxy groups -OCH3 is 1. The molecule has 0 bridgehead atoms. The van der Waals surface area contributed by atoms with E-state index in [0.29, 0.717) is 6.54 Å². The lowest BCUT2D eigenvalue weighted by atomic mass is 10.2.